The van der Waals surface area contributed by atoms with Crippen LogP contribution >= 0.6 is 0 Å². The molecule has 0 bridgehead atoms. The molecule has 0 spiro atoms. The van der Waals surface area contributed by atoms with Gasteiger partial charge in [-0.05, 0) is 43.9 Å². The van der Waals surface area contributed by atoms with Crippen LogP contribution in [0.5, 0.6) is 5.75 Å². The Bertz CT molecular complexity index is 1040. The van der Waals surface area contributed by atoms with E-state index in [4.69, 9.17) is 4.74 Å². The molecule has 9 nitrogen and oxygen atoms in total. The number of rotatable bonds is 15. The van der Waals surface area contributed by atoms with E-state index in [1.54, 1.807) is 19.1 Å². The lowest BCUT2D eigenvalue weighted by Gasteiger charge is -2.26. The van der Waals surface area contributed by atoms with E-state index in [0.29, 0.717) is 38.1 Å². The highest BCUT2D eigenvalue weighted by atomic mass is 16.5. The summed E-state index contributed by atoms with van der Waals surface area (Å²) in [5.41, 5.74) is -1.12. The van der Waals surface area contributed by atoms with Crippen molar-refractivity contribution in [3.8, 4) is 5.75 Å². The number of hydrogen-bond acceptors (Lipinski definition) is 6. The van der Waals surface area contributed by atoms with Gasteiger partial charge in [0.05, 0.1) is 0 Å². The molecule has 188 valence electrons. The molecule has 0 aliphatic carbocycles. The van der Waals surface area contributed by atoms with Crippen LogP contribution in [-0.4, -0.2) is 37.6 Å². The smallest absolute Gasteiger partial charge is 0.347 e. The fourth-order valence-corrected chi connectivity index (χ4v) is 3.74. The normalized spacial score (nSPS) is 12.8. The van der Waals surface area contributed by atoms with E-state index in [1.165, 1.54) is 18.2 Å². The first-order chi connectivity index (χ1) is 16.2. The zero-order valence-corrected chi connectivity index (χ0v) is 20.8. The number of carboxylic acid groups (broad SMARTS) is 1. The summed E-state index contributed by atoms with van der Waals surface area (Å²) in [5, 5.41) is 16.8. The van der Waals surface area contributed by atoms with Crippen LogP contribution < -0.4 is 21.3 Å². The Morgan fingerprint density at radius 2 is 1.76 bits per heavy atom. The molecule has 1 heterocycles. The molecule has 1 unspecified atom stereocenters. The number of ether oxygens (including phenoxy) is 1. The highest BCUT2D eigenvalue weighted by Crippen LogP contribution is 2.23. The summed E-state index contributed by atoms with van der Waals surface area (Å²) in [5.74, 6) is -0.331. The van der Waals surface area contributed by atoms with Crippen molar-refractivity contribution in [1.82, 2.24) is 14.3 Å². The minimum Gasteiger partial charge on any atom is -0.478 e. The van der Waals surface area contributed by atoms with Crippen LogP contribution in [0, 0.1) is 0 Å². The number of benzene rings is 1. The van der Waals surface area contributed by atoms with Crippen molar-refractivity contribution in [3.05, 3.63) is 50.7 Å². The Morgan fingerprint density at radius 3 is 2.38 bits per heavy atom. The van der Waals surface area contributed by atoms with Crippen LogP contribution in [0.2, 0.25) is 0 Å². The second-order valence-electron chi connectivity index (χ2n) is 8.84. The lowest BCUT2D eigenvalue weighted by molar-refractivity contribution is -0.154. The van der Waals surface area contributed by atoms with Gasteiger partial charge in [0.1, 0.15) is 5.75 Å². The third-order valence-electron chi connectivity index (χ3n) is 5.86. The van der Waals surface area contributed by atoms with Crippen LogP contribution in [0.3, 0.4) is 0 Å². The summed E-state index contributed by atoms with van der Waals surface area (Å²) in [6, 6.07) is 7.24. The summed E-state index contributed by atoms with van der Waals surface area (Å²) in [4.78, 5) is 36.4. The van der Waals surface area contributed by atoms with Gasteiger partial charge in [0.15, 0.2) is 0 Å². The number of hydrogen-bond donors (Lipinski definition) is 2. The van der Waals surface area contributed by atoms with Gasteiger partial charge in [0, 0.05) is 20.1 Å². The fraction of sp³-hybridized carbons (Fsp3) is 0.600. The van der Waals surface area contributed by atoms with Gasteiger partial charge in [-0.25, -0.2) is 14.3 Å². The second kappa shape index (κ2) is 13.0. The van der Waals surface area contributed by atoms with Gasteiger partial charge >= 0.3 is 11.7 Å². The van der Waals surface area contributed by atoms with Crippen LogP contribution in [-0.2, 0) is 24.8 Å². The number of carboxylic acids is 1. The standard InChI is InChI=1S/C25H38N4O5/c1-5-7-8-9-10-18-29-24(33)28(4)22(30)21(27-29)26-17-15-19-11-13-20(14-12-19)34-25(3,16-6-2)23(31)32/h11-14H,5-10,15-18H2,1-4H3,(H,26,27)(H,31,32). The number of anilines is 1. The van der Waals surface area contributed by atoms with E-state index in [1.807, 2.05) is 19.1 Å². The van der Waals surface area contributed by atoms with E-state index >= 15 is 0 Å². The lowest BCUT2D eigenvalue weighted by Crippen LogP contribution is -2.41. The summed E-state index contributed by atoms with van der Waals surface area (Å²) >= 11 is 0. The molecule has 2 rings (SSSR count). The zero-order valence-electron chi connectivity index (χ0n) is 20.8. The zero-order chi connectivity index (χ0) is 25.1. The second-order valence-corrected chi connectivity index (χ2v) is 8.84. The number of aromatic nitrogens is 3. The molecule has 0 saturated carbocycles. The van der Waals surface area contributed by atoms with Crippen LogP contribution in [0.25, 0.3) is 0 Å². The first kappa shape index (κ1) is 27.1. The van der Waals surface area contributed by atoms with Gasteiger partial charge in [0.25, 0.3) is 5.56 Å². The van der Waals surface area contributed by atoms with Crippen molar-refractivity contribution < 1.29 is 14.6 Å². The quantitative estimate of drug-likeness (QED) is 0.379. The SMILES string of the molecule is CCCCCCCn1nc(NCCc2ccc(OC(C)(CCC)C(=O)O)cc2)c(=O)n(C)c1=O. The van der Waals surface area contributed by atoms with Gasteiger partial charge in [-0.3, -0.25) is 9.36 Å². The number of aliphatic carboxylic acids is 1. The minimum atomic E-state index is -1.26. The topological polar surface area (TPSA) is 115 Å². The molecule has 0 radical (unpaired) electrons. The summed E-state index contributed by atoms with van der Waals surface area (Å²) in [6.45, 7) is 6.60. The molecule has 0 aliphatic rings. The van der Waals surface area contributed by atoms with E-state index < -0.39 is 22.8 Å². The first-order valence-electron chi connectivity index (χ1n) is 12.1. The lowest BCUT2D eigenvalue weighted by atomic mass is 10.0. The highest BCUT2D eigenvalue weighted by molar-refractivity contribution is 5.77. The van der Waals surface area contributed by atoms with Crippen LogP contribution in [0.15, 0.2) is 33.9 Å². The largest absolute Gasteiger partial charge is 0.478 e. The number of nitrogens with zero attached hydrogens (tertiary/aromatic N) is 3. The number of carbonyl (C=O) groups is 1. The Balaban J connectivity index is 1.97. The molecule has 1 aromatic carbocycles. The van der Waals surface area contributed by atoms with Gasteiger partial charge in [-0.1, -0.05) is 58.1 Å². The third kappa shape index (κ3) is 7.46. The average Bonchev–Trinajstić information content (AvgIpc) is 2.81. The molecule has 2 N–H and O–H groups in total. The van der Waals surface area contributed by atoms with Gasteiger partial charge in [-0.15, -0.1) is 5.10 Å². The van der Waals surface area contributed by atoms with E-state index in [0.717, 1.165) is 35.8 Å². The summed E-state index contributed by atoms with van der Waals surface area (Å²) < 4.78 is 8.18. The van der Waals surface area contributed by atoms with Crippen LogP contribution in [0.4, 0.5) is 5.82 Å². The van der Waals surface area contributed by atoms with Gasteiger partial charge in [0.2, 0.25) is 11.4 Å². The maximum Gasteiger partial charge on any atom is 0.347 e. The molecule has 0 saturated heterocycles. The van der Waals surface area contributed by atoms with Gasteiger partial charge < -0.3 is 15.2 Å². The molecule has 2 aromatic rings. The summed E-state index contributed by atoms with van der Waals surface area (Å²) in [6.07, 6.45) is 7.06. The van der Waals surface area contributed by atoms with E-state index in [-0.39, 0.29) is 5.82 Å². The molecule has 9 heteroatoms. The predicted octanol–water partition coefficient (Wildman–Crippen LogP) is 3.59. The highest BCUT2D eigenvalue weighted by Gasteiger charge is 2.34. The Kier molecular flexibility index (Phi) is 10.3. The van der Waals surface area contributed by atoms with Crippen molar-refractivity contribution in [2.75, 3.05) is 11.9 Å². The van der Waals surface area contributed by atoms with Gasteiger partial charge in [-0.2, -0.15) is 0 Å². The fourth-order valence-electron chi connectivity index (χ4n) is 3.74. The molecule has 0 amide bonds. The van der Waals surface area contributed by atoms with Crippen molar-refractivity contribution in [2.45, 2.75) is 84.3 Å². The first-order valence-corrected chi connectivity index (χ1v) is 12.1. The van der Waals surface area contributed by atoms with Crippen molar-refractivity contribution in [3.63, 3.8) is 0 Å². The monoisotopic (exact) mass is 474 g/mol. The van der Waals surface area contributed by atoms with Crippen molar-refractivity contribution in [2.24, 2.45) is 7.05 Å². The van der Waals surface area contributed by atoms with E-state index in [2.05, 4.69) is 17.3 Å². The van der Waals surface area contributed by atoms with Crippen molar-refractivity contribution >= 4 is 11.8 Å². The molecular formula is C25H38N4O5. The third-order valence-corrected chi connectivity index (χ3v) is 5.86. The molecule has 0 fully saturated rings. The average molecular weight is 475 g/mol. The molecule has 1 aromatic heterocycles. The Morgan fingerprint density at radius 1 is 1.09 bits per heavy atom. The summed E-state index contributed by atoms with van der Waals surface area (Å²) in [7, 11) is 1.47. The molecular weight excluding hydrogens is 436 g/mol. The number of nitrogens with one attached hydrogen (secondary N) is 1. The maximum absolute atomic E-state index is 12.4. The predicted molar refractivity (Wildman–Crippen MR) is 133 cm³/mol. The molecule has 34 heavy (non-hydrogen) atoms. The van der Waals surface area contributed by atoms with Crippen LogP contribution in [0.1, 0.15) is 71.3 Å². The molecule has 0 aliphatic heterocycles. The molecule has 1 atom stereocenters. The number of unbranched alkanes of at least 4 members (excludes halogenated alkanes) is 4. The Hall–Kier alpha value is -3.10. The number of aryl methyl sites for hydroxylation is 1. The maximum atomic E-state index is 12.4. The minimum absolute atomic E-state index is 0.160. The Labute approximate surface area is 200 Å². The van der Waals surface area contributed by atoms with E-state index in [9.17, 15) is 19.5 Å². The van der Waals surface area contributed by atoms with Crippen molar-refractivity contribution in [1.29, 1.82) is 0 Å².